The van der Waals surface area contributed by atoms with E-state index >= 15 is 0 Å². The number of nitrogens with one attached hydrogen (secondary N) is 2. The number of para-hydroxylation sites is 1. The van der Waals surface area contributed by atoms with E-state index in [9.17, 15) is 18.4 Å². The number of hydrogen-bond acceptors (Lipinski definition) is 7. The second-order valence-corrected chi connectivity index (χ2v) is 8.74. The van der Waals surface area contributed by atoms with E-state index in [0.29, 0.717) is 17.9 Å². The minimum Gasteiger partial charge on any atom is -0.367 e. The molecule has 0 radical (unpaired) electrons. The van der Waals surface area contributed by atoms with Crippen LogP contribution in [0.2, 0.25) is 0 Å². The lowest BCUT2D eigenvalue weighted by Crippen LogP contribution is -2.47. The van der Waals surface area contributed by atoms with Crippen LogP contribution in [0.15, 0.2) is 48.5 Å². The molecule has 2 amide bonds. The lowest BCUT2D eigenvalue weighted by molar-refractivity contribution is 0.0949. The Balaban J connectivity index is 1.16. The van der Waals surface area contributed by atoms with Crippen molar-refractivity contribution in [2.75, 3.05) is 49.5 Å². The van der Waals surface area contributed by atoms with E-state index < -0.39 is 11.7 Å². The molecule has 0 bridgehead atoms. The van der Waals surface area contributed by atoms with Crippen LogP contribution in [0.1, 0.15) is 26.0 Å². The smallest absolute Gasteiger partial charge is 0.286 e. The van der Waals surface area contributed by atoms with Crippen LogP contribution in [0, 0.1) is 11.6 Å². The van der Waals surface area contributed by atoms with Crippen molar-refractivity contribution in [1.29, 1.82) is 0 Å². The number of hydrogen-bond donors (Lipinski definition) is 2. The molecule has 2 heterocycles. The van der Waals surface area contributed by atoms with E-state index in [0.717, 1.165) is 50.5 Å². The van der Waals surface area contributed by atoms with Crippen LogP contribution in [0.3, 0.4) is 0 Å². The van der Waals surface area contributed by atoms with Gasteiger partial charge < -0.3 is 15.5 Å². The summed E-state index contributed by atoms with van der Waals surface area (Å²) in [5.74, 6) is -1.51. The van der Waals surface area contributed by atoms with Gasteiger partial charge in [-0.2, -0.15) is 0 Å². The number of aromatic nitrogens is 2. The molecule has 0 aliphatic carbocycles. The number of rotatable bonds is 8. The maximum atomic E-state index is 14.0. The van der Waals surface area contributed by atoms with E-state index in [1.54, 1.807) is 12.1 Å². The van der Waals surface area contributed by atoms with E-state index in [2.05, 4.69) is 25.7 Å². The first-order chi connectivity index (χ1) is 16.5. The molecule has 4 rings (SSSR count). The normalized spacial score (nSPS) is 14.1. The molecule has 0 atom stereocenters. The third-order valence-corrected chi connectivity index (χ3v) is 6.34. The Morgan fingerprint density at radius 3 is 2.29 bits per heavy atom. The van der Waals surface area contributed by atoms with E-state index in [1.165, 1.54) is 30.3 Å². The van der Waals surface area contributed by atoms with Crippen molar-refractivity contribution in [2.45, 2.75) is 6.42 Å². The van der Waals surface area contributed by atoms with Crippen molar-refractivity contribution in [3.05, 3.63) is 70.2 Å². The summed E-state index contributed by atoms with van der Waals surface area (Å²) in [6.07, 6.45) is 0.752. The molecule has 1 fully saturated rings. The second kappa shape index (κ2) is 11.1. The molecule has 178 valence electrons. The topological polar surface area (TPSA) is 90.5 Å². The van der Waals surface area contributed by atoms with Crippen molar-refractivity contribution < 1.29 is 18.4 Å². The van der Waals surface area contributed by atoms with Crippen molar-refractivity contribution in [2.24, 2.45) is 0 Å². The Morgan fingerprint density at radius 1 is 0.912 bits per heavy atom. The SMILES string of the molecule is O=C(NCCCN1CCN(c2ccccc2F)CC1)c1nnc(C(=O)Nc2ccc(F)cc2)s1. The van der Waals surface area contributed by atoms with Gasteiger partial charge in [0.1, 0.15) is 11.6 Å². The first-order valence-electron chi connectivity index (χ1n) is 10.9. The van der Waals surface area contributed by atoms with E-state index in [-0.39, 0.29) is 21.7 Å². The van der Waals surface area contributed by atoms with Gasteiger partial charge >= 0.3 is 0 Å². The minimum atomic E-state index is -0.516. The number of nitrogens with zero attached hydrogens (tertiary/aromatic N) is 4. The summed E-state index contributed by atoms with van der Waals surface area (Å²) >= 11 is 0.890. The number of amides is 2. The highest BCUT2D eigenvalue weighted by atomic mass is 32.1. The van der Waals surface area contributed by atoms with Crippen molar-refractivity contribution >= 4 is 34.5 Å². The van der Waals surface area contributed by atoms with Gasteiger partial charge in [-0.25, -0.2) is 8.78 Å². The molecule has 34 heavy (non-hydrogen) atoms. The van der Waals surface area contributed by atoms with Crippen LogP contribution in [0.25, 0.3) is 0 Å². The molecule has 1 aromatic heterocycles. The summed E-state index contributed by atoms with van der Waals surface area (Å²) in [5, 5.41) is 13.1. The van der Waals surface area contributed by atoms with Gasteiger partial charge in [0.05, 0.1) is 5.69 Å². The average molecular weight is 487 g/mol. The summed E-state index contributed by atoms with van der Waals surface area (Å²) in [5.41, 5.74) is 1.06. The maximum Gasteiger partial charge on any atom is 0.286 e. The van der Waals surface area contributed by atoms with Crippen LogP contribution in [0.5, 0.6) is 0 Å². The third-order valence-electron chi connectivity index (χ3n) is 5.42. The van der Waals surface area contributed by atoms with Crippen LogP contribution in [-0.4, -0.2) is 66.2 Å². The van der Waals surface area contributed by atoms with Gasteiger partial charge in [-0.1, -0.05) is 23.5 Å². The second-order valence-electron chi connectivity index (χ2n) is 7.76. The standard InChI is InChI=1S/C23H24F2N6O2S/c24-16-6-8-17(9-7-16)27-21(33)23-29-28-22(34-23)20(32)26-10-3-11-30-12-14-31(15-13-30)19-5-2-1-4-18(19)25/h1-2,4-9H,3,10-15H2,(H,26,32)(H,27,33). The highest BCUT2D eigenvalue weighted by Gasteiger charge is 2.20. The number of carbonyl (C=O) groups is 2. The zero-order valence-electron chi connectivity index (χ0n) is 18.3. The molecule has 1 aliphatic rings. The number of benzene rings is 2. The molecule has 8 nitrogen and oxygen atoms in total. The lowest BCUT2D eigenvalue weighted by atomic mass is 10.2. The molecule has 0 unspecified atom stereocenters. The summed E-state index contributed by atoms with van der Waals surface area (Å²) in [4.78, 5) is 28.9. The molecular weight excluding hydrogens is 462 g/mol. The van der Waals surface area contributed by atoms with Crippen molar-refractivity contribution in [3.8, 4) is 0 Å². The molecule has 0 saturated carbocycles. The van der Waals surface area contributed by atoms with Gasteiger partial charge in [0, 0.05) is 38.4 Å². The van der Waals surface area contributed by atoms with Gasteiger partial charge in [-0.3, -0.25) is 14.5 Å². The molecule has 11 heteroatoms. The minimum absolute atomic E-state index is 0.0437. The summed E-state index contributed by atoms with van der Waals surface area (Å²) in [6.45, 7) is 4.42. The number of anilines is 2. The highest BCUT2D eigenvalue weighted by Crippen LogP contribution is 2.20. The Morgan fingerprint density at radius 2 is 1.59 bits per heavy atom. The fraction of sp³-hybridized carbons (Fsp3) is 0.304. The molecular formula is C23H24F2N6O2S. The predicted molar refractivity (Wildman–Crippen MR) is 126 cm³/mol. The van der Waals surface area contributed by atoms with Gasteiger partial charge in [0.15, 0.2) is 0 Å². The van der Waals surface area contributed by atoms with E-state index in [1.807, 2.05) is 11.0 Å². The Labute approximate surface area is 199 Å². The van der Waals surface area contributed by atoms with Crippen molar-refractivity contribution in [1.82, 2.24) is 20.4 Å². The number of halogens is 2. The number of piperazine rings is 1. The van der Waals surface area contributed by atoms with Crippen LogP contribution >= 0.6 is 11.3 Å². The Kier molecular flexibility index (Phi) is 7.76. The summed E-state index contributed by atoms with van der Waals surface area (Å²) < 4.78 is 26.9. The zero-order valence-corrected chi connectivity index (χ0v) is 19.2. The van der Waals surface area contributed by atoms with Crippen LogP contribution < -0.4 is 15.5 Å². The average Bonchev–Trinajstić information content (AvgIpc) is 3.35. The largest absolute Gasteiger partial charge is 0.367 e. The quantitative estimate of drug-likeness (QED) is 0.476. The fourth-order valence-corrected chi connectivity index (χ4v) is 4.28. The predicted octanol–water partition coefficient (Wildman–Crippen LogP) is 3.01. The highest BCUT2D eigenvalue weighted by molar-refractivity contribution is 7.15. The van der Waals surface area contributed by atoms with Crippen LogP contribution in [-0.2, 0) is 0 Å². The Bertz CT molecular complexity index is 1130. The van der Waals surface area contributed by atoms with Crippen molar-refractivity contribution in [3.63, 3.8) is 0 Å². The van der Waals surface area contributed by atoms with Gasteiger partial charge in [0.2, 0.25) is 10.0 Å². The monoisotopic (exact) mass is 486 g/mol. The molecule has 1 saturated heterocycles. The summed E-state index contributed by atoms with van der Waals surface area (Å²) in [7, 11) is 0. The molecule has 3 aromatic rings. The summed E-state index contributed by atoms with van der Waals surface area (Å²) in [6, 6.07) is 12.1. The maximum absolute atomic E-state index is 14.0. The third kappa shape index (κ3) is 6.12. The Hall–Kier alpha value is -3.44. The molecule has 2 aromatic carbocycles. The molecule has 2 N–H and O–H groups in total. The lowest BCUT2D eigenvalue weighted by Gasteiger charge is -2.36. The first kappa shape index (κ1) is 23.7. The van der Waals surface area contributed by atoms with Crippen LogP contribution in [0.4, 0.5) is 20.2 Å². The zero-order chi connectivity index (χ0) is 23.9. The van der Waals surface area contributed by atoms with E-state index in [4.69, 9.17) is 0 Å². The fourth-order valence-electron chi connectivity index (χ4n) is 3.63. The number of carbonyl (C=O) groups excluding carboxylic acids is 2. The van der Waals surface area contributed by atoms with Gasteiger partial charge in [-0.05, 0) is 49.4 Å². The van der Waals surface area contributed by atoms with Gasteiger partial charge in [0.25, 0.3) is 11.8 Å². The van der Waals surface area contributed by atoms with Gasteiger partial charge in [-0.15, -0.1) is 10.2 Å². The molecule has 1 aliphatic heterocycles. The molecule has 0 spiro atoms. The first-order valence-corrected chi connectivity index (χ1v) is 11.7.